The van der Waals surface area contributed by atoms with E-state index in [1.165, 1.54) is 5.56 Å². The zero-order valence-corrected chi connectivity index (χ0v) is 12.6. The van der Waals surface area contributed by atoms with Crippen LogP contribution in [0.4, 0.5) is 15.8 Å². The molecule has 1 aliphatic heterocycles. The van der Waals surface area contributed by atoms with Crippen molar-refractivity contribution < 1.29 is 4.39 Å². The Labute approximate surface area is 125 Å². The van der Waals surface area contributed by atoms with E-state index in [0.29, 0.717) is 18.2 Å². The lowest BCUT2D eigenvalue weighted by molar-refractivity contribution is 0.550. The average Bonchev–Trinajstić information content (AvgIpc) is 2.47. The molecule has 1 N–H and O–H groups in total. The summed E-state index contributed by atoms with van der Waals surface area (Å²) in [6, 6.07) is 13.7. The van der Waals surface area contributed by atoms with E-state index in [0.717, 1.165) is 24.2 Å². The second kappa shape index (κ2) is 5.86. The van der Waals surface area contributed by atoms with Gasteiger partial charge < -0.3 is 10.2 Å². The van der Waals surface area contributed by atoms with Crippen molar-refractivity contribution in [3.8, 4) is 0 Å². The monoisotopic (exact) mass is 284 g/mol. The molecule has 0 spiro atoms. The SMILES string of the molecule is CNCc1cccc(F)c1N1CC(C)Cc2ccccc21. The van der Waals surface area contributed by atoms with Gasteiger partial charge in [-0.1, -0.05) is 37.3 Å². The average molecular weight is 284 g/mol. The minimum Gasteiger partial charge on any atom is -0.338 e. The highest BCUT2D eigenvalue weighted by Gasteiger charge is 2.26. The molecule has 0 fully saturated rings. The van der Waals surface area contributed by atoms with Gasteiger partial charge in [-0.15, -0.1) is 0 Å². The number of benzene rings is 2. The van der Waals surface area contributed by atoms with E-state index in [1.54, 1.807) is 12.1 Å². The smallest absolute Gasteiger partial charge is 0.147 e. The molecule has 1 aliphatic rings. The number of nitrogens with zero attached hydrogens (tertiary/aromatic N) is 1. The lowest BCUT2D eigenvalue weighted by Gasteiger charge is -2.36. The molecule has 0 saturated carbocycles. The van der Waals surface area contributed by atoms with Crippen molar-refractivity contribution in [1.29, 1.82) is 0 Å². The number of hydrogen-bond donors (Lipinski definition) is 1. The molecule has 110 valence electrons. The maximum absolute atomic E-state index is 14.5. The molecule has 3 rings (SSSR count). The van der Waals surface area contributed by atoms with E-state index < -0.39 is 0 Å². The fourth-order valence-electron chi connectivity index (χ4n) is 3.20. The van der Waals surface area contributed by atoms with Crippen LogP contribution in [0.25, 0.3) is 0 Å². The summed E-state index contributed by atoms with van der Waals surface area (Å²) in [4.78, 5) is 2.14. The fraction of sp³-hybridized carbons (Fsp3) is 0.333. The molecule has 2 nitrogen and oxygen atoms in total. The van der Waals surface area contributed by atoms with Crippen LogP contribution in [-0.2, 0) is 13.0 Å². The topological polar surface area (TPSA) is 15.3 Å². The predicted molar refractivity (Wildman–Crippen MR) is 85.5 cm³/mol. The Kier molecular flexibility index (Phi) is 3.93. The normalized spacial score (nSPS) is 17.7. The molecule has 0 amide bonds. The van der Waals surface area contributed by atoms with Gasteiger partial charge in [-0.25, -0.2) is 4.39 Å². The molecule has 0 radical (unpaired) electrons. The van der Waals surface area contributed by atoms with E-state index in [2.05, 4.69) is 35.3 Å². The molecule has 1 heterocycles. The van der Waals surface area contributed by atoms with E-state index >= 15 is 0 Å². The standard InChI is InChI=1S/C18H21FN2/c1-13-10-14-6-3-4-9-17(14)21(12-13)18-15(11-20-2)7-5-8-16(18)19/h3-9,13,20H,10-12H2,1-2H3. The van der Waals surface area contributed by atoms with Crippen molar-refractivity contribution in [3.05, 3.63) is 59.4 Å². The third kappa shape index (κ3) is 2.66. The molecular weight excluding hydrogens is 263 g/mol. The predicted octanol–water partition coefficient (Wildman–Crippen LogP) is 3.88. The van der Waals surface area contributed by atoms with E-state index in [4.69, 9.17) is 0 Å². The number of rotatable bonds is 3. The second-order valence-electron chi connectivity index (χ2n) is 5.83. The number of nitrogens with one attached hydrogen (secondary N) is 1. The Morgan fingerprint density at radius 2 is 2.00 bits per heavy atom. The highest BCUT2D eigenvalue weighted by molar-refractivity contribution is 5.71. The number of halogens is 1. The molecule has 0 aliphatic carbocycles. The lowest BCUT2D eigenvalue weighted by Crippen LogP contribution is -2.32. The Morgan fingerprint density at radius 1 is 1.19 bits per heavy atom. The van der Waals surface area contributed by atoms with Gasteiger partial charge in [-0.2, -0.15) is 0 Å². The summed E-state index contributed by atoms with van der Waals surface area (Å²) in [6.07, 6.45) is 1.06. The van der Waals surface area contributed by atoms with Crippen LogP contribution < -0.4 is 10.2 Å². The maximum atomic E-state index is 14.5. The van der Waals surface area contributed by atoms with Gasteiger partial charge >= 0.3 is 0 Å². The van der Waals surface area contributed by atoms with Crippen molar-refractivity contribution in [2.24, 2.45) is 5.92 Å². The van der Waals surface area contributed by atoms with Crippen LogP contribution in [-0.4, -0.2) is 13.6 Å². The Bertz CT molecular complexity index is 639. The number of para-hydroxylation sites is 2. The highest BCUT2D eigenvalue weighted by Crippen LogP contribution is 2.38. The second-order valence-corrected chi connectivity index (χ2v) is 5.83. The molecule has 1 atom stereocenters. The quantitative estimate of drug-likeness (QED) is 0.920. The molecule has 3 heteroatoms. The van der Waals surface area contributed by atoms with Crippen LogP contribution in [0, 0.1) is 11.7 Å². The summed E-state index contributed by atoms with van der Waals surface area (Å²) in [6.45, 7) is 3.75. The third-order valence-corrected chi connectivity index (χ3v) is 4.05. The first-order valence-corrected chi connectivity index (χ1v) is 7.48. The molecule has 21 heavy (non-hydrogen) atoms. The van der Waals surface area contributed by atoms with Crippen LogP contribution in [0.2, 0.25) is 0 Å². The summed E-state index contributed by atoms with van der Waals surface area (Å²) in [5.41, 5.74) is 4.15. The van der Waals surface area contributed by atoms with Gasteiger partial charge in [0.2, 0.25) is 0 Å². The van der Waals surface area contributed by atoms with Crippen LogP contribution in [0.15, 0.2) is 42.5 Å². The molecule has 0 aromatic heterocycles. The lowest BCUT2D eigenvalue weighted by atomic mass is 9.93. The van der Waals surface area contributed by atoms with E-state index in [1.807, 2.05) is 19.2 Å². The van der Waals surface area contributed by atoms with Gasteiger partial charge in [0.15, 0.2) is 0 Å². The van der Waals surface area contributed by atoms with Crippen molar-refractivity contribution >= 4 is 11.4 Å². The minimum atomic E-state index is -0.147. The summed E-state index contributed by atoms with van der Waals surface area (Å²) in [7, 11) is 1.89. The maximum Gasteiger partial charge on any atom is 0.147 e. The fourth-order valence-corrected chi connectivity index (χ4v) is 3.20. The van der Waals surface area contributed by atoms with Gasteiger partial charge in [-0.3, -0.25) is 0 Å². The van der Waals surface area contributed by atoms with Crippen LogP contribution in [0.3, 0.4) is 0 Å². The van der Waals surface area contributed by atoms with E-state index in [-0.39, 0.29) is 5.82 Å². The summed E-state index contributed by atoms with van der Waals surface area (Å²) >= 11 is 0. The Morgan fingerprint density at radius 3 is 2.81 bits per heavy atom. The molecule has 1 unspecified atom stereocenters. The van der Waals surface area contributed by atoms with Gasteiger partial charge in [0.1, 0.15) is 5.82 Å². The Hall–Kier alpha value is -1.87. The molecule has 2 aromatic carbocycles. The zero-order valence-electron chi connectivity index (χ0n) is 12.6. The first-order chi connectivity index (χ1) is 10.2. The summed E-state index contributed by atoms with van der Waals surface area (Å²) in [5, 5.41) is 3.13. The van der Waals surface area contributed by atoms with Crippen LogP contribution in [0.5, 0.6) is 0 Å². The van der Waals surface area contributed by atoms with Crippen molar-refractivity contribution in [2.75, 3.05) is 18.5 Å². The van der Waals surface area contributed by atoms with Crippen LogP contribution in [0.1, 0.15) is 18.1 Å². The molecule has 2 aromatic rings. The van der Waals surface area contributed by atoms with Crippen molar-refractivity contribution in [2.45, 2.75) is 19.9 Å². The summed E-state index contributed by atoms with van der Waals surface area (Å²) in [5.74, 6) is 0.369. The molecule has 0 saturated heterocycles. The highest BCUT2D eigenvalue weighted by atomic mass is 19.1. The Balaban J connectivity index is 2.12. The molecular formula is C18H21FN2. The first-order valence-electron chi connectivity index (χ1n) is 7.48. The van der Waals surface area contributed by atoms with Gasteiger partial charge in [0.25, 0.3) is 0 Å². The van der Waals surface area contributed by atoms with E-state index in [9.17, 15) is 4.39 Å². The van der Waals surface area contributed by atoms with Gasteiger partial charge in [-0.05, 0) is 42.6 Å². The van der Waals surface area contributed by atoms with Gasteiger partial charge in [0, 0.05) is 18.8 Å². The zero-order chi connectivity index (χ0) is 14.8. The largest absolute Gasteiger partial charge is 0.338 e. The van der Waals surface area contributed by atoms with Gasteiger partial charge in [0.05, 0.1) is 5.69 Å². The third-order valence-electron chi connectivity index (χ3n) is 4.05. The summed E-state index contributed by atoms with van der Waals surface area (Å²) < 4.78 is 14.5. The number of hydrogen-bond acceptors (Lipinski definition) is 2. The molecule has 0 bridgehead atoms. The van der Waals surface area contributed by atoms with Crippen molar-refractivity contribution in [3.63, 3.8) is 0 Å². The minimum absolute atomic E-state index is 0.147. The van der Waals surface area contributed by atoms with Crippen molar-refractivity contribution in [1.82, 2.24) is 5.32 Å². The first kappa shape index (κ1) is 14.1. The number of anilines is 2. The number of fused-ring (bicyclic) bond motifs is 1. The van der Waals surface area contributed by atoms with Crippen LogP contribution >= 0.6 is 0 Å².